The maximum absolute atomic E-state index is 13.0. The third kappa shape index (κ3) is 6.32. The highest BCUT2D eigenvalue weighted by atomic mass is 32.2. The molecule has 0 bridgehead atoms. The van der Waals surface area contributed by atoms with Gasteiger partial charge in [-0.25, -0.2) is 4.79 Å². The molecule has 19 heteroatoms. The Balaban J connectivity index is 2.01. The monoisotopic (exact) mass is 646 g/mol. The van der Waals surface area contributed by atoms with Crippen LogP contribution in [0.2, 0.25) is 0 Å². The van der Waals surface area contributed by atoms with Crippen LogP contribution in [0.5, 0.6) is 0 Å². The van der Waals surface area contributed by atoms with Gasteiger partial charge in [0.1, 0.15) is 0 Å². The van der Waals surface area contributed by atoms with Gasteiger partial charge in [-0.05, 0) is 53.6 Å². The second kappa shape index (κ2) is 12.3. The highest BCUT2D eigenvalue weighted by molar-refractivity contribution is 7.86. The summed E-state index contributed by atoms with van der Waals surface area (Å²) in [7, 11) is -10.3. The summed E-state index contributed by atoms with van der Waals surface area (Å²) in [4.78, 5) is 25.8. The van der Waals surface area contributed by atoms with Gasteiger partial charge in [0, 0.05) is 40.1 Å². The molecule has 44 heavy (non-hydrogen) atoms. The van der Waals surface area contributed by atoms with Gasteiger partial charge in [-0.15, -0.1) is 0 Å². The van der Waals surface area contributed by atoms with Crippen LogP contribution in [0.3, 0.4) is 0 Å². The van der Waals surface area contributed by atoms with Gasteiger partial charge in [0.25, 0.3) is 26.1 Å². The number of carboxylic acid groups (broad SMARTS) is 1. The third-order valence-corrected chi connectivity index (χ3v) is 8.08. The highest BCUT2D eigenvalue weighted by Gasteiger charge is 2.32. The quantitative estimate of drug-likeness (QED) is 0.0260. The van der Waals surface area contributed by atoms with Crippen LogP contribution in [0.4, 0.5) is 5.69 Å². The largest absolute Gasteiger partial charge is 0.478 e. The SMILES string of the molecule is [N-]=[N+]=NCCOCCNC(=O)c1ccc(C(=O)O)c(-c2c3ccc(=N)c(S(=O)(=O)O)c-3oc3c(S(=O)(=O)O)c(N)ccc23)c1. The number of carboxylic acids is 1. The number of nitrogens with zero attached hydrogens (tertiary/aromatic N) is 3. The number of aromatic carboxylic acids is 1. The Bertz CT molecular complexity index is 2120. The van der Waals surface area contributed by atoms with E-state index in [1.54, 1.807) is 0 Å². The van der Waals surface area contributed by atoms with Gasteiger partial charge in [-0.1, -0.05) is 5.11 Å². The summed E-state index contributed by atoms with van der Waals surface area (Å²) in [6.45, 7) is 0.262. The van der Waals surface area contributed by atoms with Crippen molar-refractivity contribution in [3.8, 4) is 22.5 Å². The van der Waals surface area contributed by atoms with Crippen molar-refractivity contribution in [3.63, 3.8) is 0 Å². The molecule has 0 radical (unpaired) electrons. The third-order valence-electron chi connectivity index (χ3n) is 6.23. The molecule has 1 aliphatic carbocycles. The molecule has 0 saturated carbocycles. The Morgan fingerprint density at radius 2 is 1.73 bits per heavy atom. The fourth-order valence-corrected chi connectivity index (χ4v) is 5.95. The molecule has 0 atom stereocenters. The number of benzene rings is 3. The zero-order chi connectivity index (χ0) is 32.4. The van der Waals surface area contributed by atoms with Gasteiger partial charge in [0.15, 0.2) is 21.1 Å². The second-order valence-corrected chi connectivity index (χ2v) is 11.7. The minimum Gasteiger partial charge on any atom is -0.478 e. The van der Waals surface area contributed by atoms with Crippen LogP contribution < -0.4 is 16.4 Å². The zero-order valence-corrected chi connectivity index (χ0v) is 23.8. The number of carbonyl (C=O) groups is 2. The van der Waals surface area contributed by atoms with Crippen molar-refractivity contribution >= 4 is 48.8 Å². The Morgan fingerprint density at radius 3 is 2.36 bits per heavy atom. The number of nitrogen functional groups attached to an aromatic ring is 1. The van der Waals surface area contributed by atoms with E-state index in [9.17, 15) is 40.6 Å². The first kappa shape index (κ1) is 31.9. The van der Waals surface area contributed by atoms with E-state index in [-0.39, 0.29) is 53.9 Å². The summed E-state index contributed by atoms with van der Waals surface area (Å²) in [6.07, 6.45) is 0. The summed E-state index contributed by atoms with van der Waals surface area (Å²) in [6, 6.07) is 7.92. The van der Waals surface area contributed by atoms with Crippen molar-refractivity contribution in [2.45, 2.75) is 9.79 Å². The Kier molecular flexibility index (Phi) is 8.91. The van der Waals surface area contributed by atoms with Crippen molar-refractivity contribution in [2.24, 2.45) is 5.11 Å². The lowest BCUT2D eigenvalue weighted by atomic mass is 9.89. The standard InChI is InChI=1S/C25H22N6O11S2/c26-17-5-3-14-19(15-4-6-18(27)23(44(38,39)40)21(15)42-20(14)22(17)43(35,36)37)16-11-12(1-2-13(16)25(33)34)24(32)29-7-9-41-10-8-30-31-28/h1-6,11,26H,7-10,27H2,(H,29,32)(H,33,34)(H,35,36,37)(H,38,39,40). The molecule has 0 unspecified atom stereocenters. The van der Waals surface area contributed by atoms with Crippen molar-refractivity contribution in [1.29, 1.82) is 5.41 Å². The molecule has 2 aromatic carbocycles. The maximum Gasteiger partial charge on any atom is 0.336 e. The molecule has 2 aromatic rings. The Morgan fingerprint density at radius 1 is 1.02 bits per heavy atom. The van der Waals surface area contributed by atoms with E-state index >= 15 is 0 Å². The number of anilines is 1. The number of carbonyl (C=O) groups excluding carboxylic acids is 1. The van der Waals surface area contributed by atoms with Crippen LogP contribution in [0.25, 0.3) is 43.9 Å². The molecule has 2 aliphatic rings. The number of fused-ring (bicyclic) bond motifs is 2. The van der Waals surface area contributed by atoms with Gasteiger partial charge in [-0.2, -0.15) is 16.8 Å². The summed E-state index contributed by atoms with van der Waals surface area (Å²) in [5.41, 5.74) is 11.8. The molecule has 7 N–H and O–H groups in total. The first-order valence-corrected chi connectivity index (χ1v) is 15.1. The molecule has 0 aromatic heterocycles. The molecule has 0 spiro atoms. The van der Waals surface area contributed by atoms with Gasteiger partial charge < -0.3 is 25.3 Å². The van der Waals surface area contributed by atoms with E-state index in [1.807, 2.05) is 0 Å². The lowest BCUT2D eigenvalue weighted by Gasteiger charge is -2.20. The number of azide groups is 1. The highest BCUT2D eigenvalue weighted by Crippen LogP contribution is 2.45. The number of hydrogen-bond acceptors (Lipinski definition) is 11. The van der Waals surface area contributed by atoms with Crippen LogP contribution in [0.1, 0.15) is 20.7 Å². The fraction of sp³-hybridized carbons (Fsp3) is 0.160. The molecule has 0 saturated heterocycles. The summed E-state index contributed by atoms with van der Waals surface area (Å²) >= 11 is 0. The van der Waals surface area contributed by atoms with E-state index in [0.717, 1.165) is 24.3 Å². The first-order valence-electron chi connectivity index (χ1n) is 12.2. The van der Waals surface area contributed by atoms with Crippen LogP contribution in [-0.2, 0) is 25.0 Å². The van der Waals surface area contributed by atoms with Crippen molar-refractivity contribution in [2.75, 3.05) is 32.0 Å². The summed E-state index contributed by atoms with van der Waals surface area (Å²) < 4.78 is 80.1. The molecular formula is C25H22N6O11S2. The predicted molar refractivity (Wildman–Crippen MR) is 152 cm³/mol. The molecule has 17 nitrogen and oxygen atoms in total. The normalized spacial score (nSPS) is 11.8. The Hall–Kier alpha value is -5.04. The molecule has 230 valence electrons. The minimum absolute atomic E-state index is 0.0161. The summed E-state index contributed by atoms with van der Waals surface area (Å²) in [5, 5.41) is 23.0. The zero-order valence-electron chi connectivity index (χ0n) is 22.2. The van der Waals surface area contributed by atoms with Crippen LogP contribution in [-0.4, -0.2) is 69.2 Å². The topological polar surface area (TPSA) is 296 Å². The van der Waals surface area contributed by atoms with E-state index in [1.165, 1.54) is 18.2 Å². The first-order chi connectivity index (χ1) is 20.7. The average Bonchev–Trinajstić information content (AvgIpc) is 2.93. The lowest BCUT2D eigenvalue weighted by molar-refractivity contribution is 0.0697. The van der Waals surface area contributed by atoms with Crippen LogP contribution in [0, 0.1) is 5.41 Å². The number of ether oxygens (including phenoxy) is 1. The van der Waals surface area contributed by atoms with Crippen LogP contribution in [0.15, 0.2) is 61.8 Å². The van der Waals surface area contributed by atoms with E-state index < -0.39 is 69.9 Å². The second-order valence-electron chi connectivity index (χ2n) is 8.99. The molecule has 1 heterocycles. The number of amides is 1. The minimum atomic E-state index is -5.19. The van der Waals surface area contributed by atoms with Crippen molar-refractivity contribution < 1.29 is 49.8 Å². The van der Waals surface area contributed by atoms with Gasteiger partial charge in [-0.3, -0.25) is 19.3 Å². The number of rotatable bonds is 11. The molecular weight excluding hydrogens is 624 g/mol. The number of nitrogens with two attached hydrogens (primary N) is 1. The van der Waals surface area contributed by atoms with Gasteiger partial charge in [0.2, 0.25) is 0 Å². The summed E-state index contributed by atoms with van der Waals surface area (Å²) in [5.74, 6) is -2.91. The molecule has 0 fully saturated rings. The van der Waals surface area contributed by atoms with Crippen molar-refractivity contribution in [1.82, 2.24) is 5.32 Å². The van der Waals surface area contributed by atoms with Crippen molar-refractivity contribution in [3.05, 3.63) is 69.4 Å². The van der Waals surface area contributed by atoms with E-state index in [0.29, 0.717) is 0 Å². The lowest BCUT2D eigenvalue weighted by Crippen LogP contribution is -2.27. The van der Waals surface area contributed by atoms with Crippen LogP contribution >= 0.6 is 0 Å². The van der Waals surface area contributed by atoms with E-state index in [4.69, 9.17) is 25.8 Å². The molecule has 1 aliphatic heterocycles. The predicted octanol–water partition coefficient (Wildman–Crippen LogP) is 2.51. The average molecular weight is 647 g/mol. The Labute approximate surface area is 247 Å². The number of nitrogens with one attached hydrogen (secondary N) is 2. The van der Waals surface area contributed by atoms with Gasteiger partial charge in [0.05, 0.1) is 29.8 Å². The smallest absolute Gasteiger partial charge is 0.336 e. The molecule has 4 rings (SSSR count). The molecule has 1 amide bonds. The van der Waals surface area contributed by atoms with Gasteiger partial charge >= 0.3 is 5.97 Å². The fourth-order valence-electron chi connectivity index (χ4n) is 4.47. The maximum atomic E-state index is 13.0. The van der Waals surface area contributed by atoms with E-state index in [2.05, 4.69) is 15.3 Å². The number of hydrogen-bond donors (Lipinski definition) is 6.